The number of hydrogen-bond donors (Lipinski definition) is 1. The fraction of sp³-hybridized carbons (Fsp3) is 0.286. The number of carbonyl (C=O) groups is 2. The lowest BCUT2D eigenvalue weighted by atomic mass is 10.1. The molecule has 0 aliphatic heterocycles. The molecule has 1 atom stereocenters. The van der Waals surface area contributed by atoms with Crippen molar-refractivity contribution in [3.8, 4) is 5.75 Å². The van der Waals surface area contributed by atoms with Gasteiger partial charge in [-0.05, 0) is 87.0 Å². The lowest BCUT2D eigenvalue weighted by Gasteiger charge is -2.32. The summed E-state index contributed by atoms with van der Waals surface area (Å²) in [6.07, 6.45) is 0. The molecule has 0 bridgehead atoms. The first-order valence-electron chi connectivity index (χ1n) is 12.4. The quantitative estimate of drug-likeness (QED) is 0.340. The first-order chi connectivity index (χ1) is 18.6. The van der Waals surface area contributed by atoms with Gasteiger partial charge in [0.2, 0.25) is 11.8 Å². The molecule has 3 rings (SSSR count). The molecule has 3 aromatic rings. The molecule has 39 heavy (non-hydrogen) atoms. The van der Waals surface area contributed by atoms with E-state index >= 15 is 0 Å². The smallest absolute Gasteiger partial charge is 0.264 e. The average molecular weight is 576 g/mol. The number of rotatable bonds is 12. The number of amides is 2. The maximum atomic E-state index is 13.8. The van der Waals surface area contributed by atoms with E-state index < -0.39 is 34.3 Å². The van der Waals surface area contributed by atoms with Crippen LogP contribution < -0.4 is 14.4 Å². The van der Waals surface area contributed by atoms with E-state index in [2.05, 4.69) is 5.32 Å². The van der Waals surface area contributed by atoms with Crippen molar-refractivity contribution in [3.63, 3.8) is 0 Å². The van der Waals surface area contributed by atoms with Crippen molar-refractivity contribution in [2.75, 3.05) is 24.0 Å². The summed E-state index contributed by atoms with van der Waals surface area (Å²) in [5.74, 6) is -1.08. The number of likely N-dealkylation sites (N-methyl/N-ethyl adjacent to an activating group) is 1. The minimum atomic E-state index is -4.27. The molecule has 0 spiro atoms. The van der Waals surface area contributed by atoms with E-state index in [9.17, 15) is 22.4 Å². The monoisotopic (exact) mass is 575 g/mol. The Morgan fingerprint density at radius 2 is 1.59 bits per heavy atom. The van der Waals surface area contributed by atoms with Crippen LogP contribution >= 0.6 is 11.6 Å². The molecule has 208 valence electrons. The van der Waals surface area contributed by atoms with Gasteiger partial charge in [0.1, 0.15) is 24.2 Å². The van der Waals surface area contributed by atoms with Gasteiger partial charge in [0.05, 0.1) is 17.2 Å². The van der Waals surface area contributed by atoms with Crippen molar-refractivity contribution >= 4 is 39.1 Å². The van der Waals surface area contributed by atoms with Crippen LogP contribution in [0, 0.1) is 5.82 Å². The van der Waals surface area contributed by atoms with Crippen molar-refractivity contribution in [2.45, 2.75) is 38.3 Å². The summed E-state index contributed by atoms with van der Waals surface area (Å²) >= 11 is 6.00. The Kier molecular flexibility index (Phi) is 10.3. The summed E-state index contributed by atoms with van der Waals surface area (Å²) in [4.78, 5) is 27.7. The van der Waals surface area contributed by atoms with Crippen LogP contribution in [0.4, 0.5) is 10.1 Å². The van der Waals surface area contributed by atoms with Crippen molar-refractivity contribution in [1.82, 2.24) is 10.2 Å². The molecule has 0 aromatic heterocycles. The fourth-order valence-corrected chi connectivity index (χ4v) is 5.37. The predicted octanol–water partition coefficient (Wildman–Crippen LogP) is 4.63. The molecular formula is C28H31ClFN3O5S. The molecule has 8 nitrogen and oxygen atoms in total. The first kappa shape index (κ1) is 29.9. The summed E-state index contributed by atoms with van der Waals surface area (Å²) in [5, 5.41) is 3.21. The summed E-state index contributed by atoms with van der Waals surface area (Å²) in [5.41, 5.74) is 0.794. The molecule has 0 heterocycles. The van der Waals surface area contributed by atoms with Crippen LogP contribution in [0.5, 0.6) is 5.75 Å². The highest BCUT2D eigenvalue weighted by atomic mass is 35.5. The fourth-order valence-electron chi connectivity index (χ4n) is 3.83. The Morgan fingerprint density at radius 1 is 0.974 bits per heavy atom. The zero-order valence-corrected chi connectivity index (χ0v) is 23.5. The number of halogens is 2. The summed E-state index contributed by atoms with van der Waals surface area (Å²) in [7, 11) is -4.27. The Balaban J connectivity index is 2.00. The molecule has 2 amide bonds. The van der Waals surface area contributed by atoms with Crippen LogP contribution in [0.2, 0.25) is 5.02 Å². The normalized spacial score (nSPS) is 11.9. The van der Waals surface area contributed by atoms with E-state index in [4.69, 9.17) is 16.3 Å². The molecule has 1 unspecified atom stereocenters. The maximum absolute atomic E-state index is 13.8. The number of nitrogens with zero attached hydrogens (tertiary/aromatic N) is 2. The van der Waals surface area contributed by atoms with Gasteiger partial charge < -0.3 is 15.0 Å². The van der Waals surface area contributed by atoms with Crippen molar-refractivity contribution in [3.05, 3.63) is 89.2 Å². The SMILES string of the molecule is CCNC(=O)C(C)N(Cc1ccc(Cl)cc1)C(=O)CN(c1ccc(F)cc1)S(=O)(=O)c1ccc(OCC)cc1. The number of nitrogens with one attached hydrogen (secondary N) is 1. The van der Waals surface area contributed by atoms with Gasteiger partial charge in [0.25, 0.3) is 10.0 Å². The Bertz CT molecular complexity index is 1370. The third kappa shape index (κ3) is 7.70. The largest absolute Gasteiger partial charge is 0.494 e. The Morgan fingerprint density at radius 3 is 2.15 bits per heavy atom. The van der Waals surface area contributed by atoms with Crippen LogP contribution in [0.3, 0.4) is 0 Å². The number of ether oxygens (including phenoxy) is 1. The second-order valence-electron chi connectivity index (χ2n) is 8.61. The third-order valence-corrected chi connectivity index (χ3v) is 7.94. The number of hydrogen-bond acceptors (Lipinski definition) is 5. The van der Waals surface area contributed by atoms with E-state index in [-0.39, 0.29) is 23.0 Å². The van der Waals surface area contributed by atoms with Gasteiger partial charge in [-0.3, -0.25) is 13.9 Å². The molecule has 0 radical (unpaired) electrons. The van der Waals surface area contributed by atoms with E-state index in [1.54, 1.807) is 38.1 Å². The average Bonchev–Trinajstić information content (AvgIpc) is 2.92. The standard InChI is InChI=1S/C28H31ClFN3O5S/c1-4-31-28(35)20(3)32(18-21-6-8-22(29)9-7-21)27(34)19-33(24-12-10-23(30)11-13-24)39(36,37)26-16-14-25(15-17-26)38-5-2/h6-17,20H,4-5,18-19H2,1-3H3,(H,31,35). The molecular weight excluding hydrogens is 545 g/mol. The van der Waals surface area contributed by atoms with Gasteiger partial charge in [-0.15, -0.1) is 0 Å². The van der Waals surface area contributed by atoms with Crippen LogP contribution in [0.1, 0.15) is 26.3 Å². The van der Waals surface area contributed by atoms with E-state index in [1.165, 1.54) is 41.3 Å². The van der Waals surface area contributed by atoms with E-state index in [1.807, 2.05) is 6.92 Å². The maximum Gasteiger partial charge on any atom is 0.264 e. The number of anilines is 1. The van der Waals surface area contributed by atoms with Crippen LogP contribution in [0.15, 0.2) is 77.7 Å². The number of sulfonamides is 1. The highest BCUT2D eigenvalue weighted by Crippen LogP contribution is 2.26. The third-order valence-electron chi connectivity index (χ3n) is 5.90. The molecule has 1 N–H and O–H groups in total. The number of benzene rings is 3. The molecule has 0 saturated carbocycles. The molecule has 0 aliphatic carbocycles. The Labute approximate surface area is 233 Å². The molecule has 0 aliphatic rings. The second-order valence-corrected chi connectivity index (χ2v) is 10.9. The summed E-state index contributed by atoms with van der Waals surface area (Å²) in [6, 6.07) is 16.5. The minimum Gasteiger partial charge on any atom is -0.494 e. The predicted molar refractivity (Wildman–Crippen MR) is 149 cm³/mol. The highest BCUT2D eigenvalue weighted by Gasteiger charge is 2.32. The number of carbonyl (C=O) groups excluding carboxylic acids is 2. The van der Waals surface area contributed by atoms with Crippen molar-refractivity contribution < 1.29 is 27.1 Å². The van der Waals surface area contributed by atoms with Crippen molar-refractivity contribution in [2.24, 2.45) is 0 Å². The van der Waals surface area contributed by atoms with Crippen molar-refractivity contribution in [1.29, 1.82) is 0 Å². The highest BCUT2D eigenvalue weighted by molar-refractivity contribution is 7.92. The molecule has 0 saturated heterocycles. The van der Waals surface area contributed by atoms with E-state index in [0.29, 0.717) is 29.5 Å². The first-order valence-corrected chi connectivity index (χ1v) is 14.2. The zero-order chi connectivity index (χ0) is 28.6. The van der Waals surface area contributed by atoms with Gasteiger partial charge in [0.15, 0.2) is 0 Å². The van der Waals surface area contributed by atoms with Gasteiger partial charge in [-0.1, -0.05) is 23.7 Å². The molecule has 0 fully saturated rings. The van der Waals surface area contributed by atoms with Gasteiger partial charge in [-0.2, -0.15) is 0 Å². The summed E-state index contributed by atoms with van der Waals surface area (Å²) < 4.78 is 47.6. The molecule has 11 heteroatoms. The topological polar surface area (TPSA) is 96.0 Å². The van der Waals surface area contributed by atoms with E-state index in [0.717, 1.165) is 16.4 Å². The summed E-state index contributed by atoms with van der Waals surface area (Å²) in [6.45, 7) is 5.32. The van der Waals surface area contributed by atoms with Crippen LogP contribution in [0.25, 0.3) is 0 Å². The van der Waals surface area contributed by atoms with Gasteiger partial charge in [-0.25, -0.2) is 12.8 Å². The van der Waals surface area contributed by atoms with Gasteiger partial charge >= 0.3 is 0 Å². The van der Waals surface area contributed by atoms with Crippen LogP contribution in [-0.2, 0) is 26.2 Å². The van der Waals surface area contributed by atoms with Crippen LogP contribution in [-0.4, -0.2) is 50.9 Å². The molecule has 3 aromatic carbocycles. The second kappa shape index (κ2) is 13.4. The zero-order valence-electron chi connectivity index (χ0n) is 21.9. The Hall–Kier alpha value is -3.63. The van der Waals surface area contributed by atoms with Gasteiger partial charge in [0, 0.05) is 18.1 Å². The minimum absolute atomic E-state index is 0.0364. The lowest BCUT2D eigenvalue weighted by molar-refractivity contribution is -0.139. The lowest BCUT2D eigenvalue weighted by Crippen LogP contribution is -2.51.